The van der Waals surface area contributed by atoms with Crippen LogP contribution in [0.5, 0.6) is 0 Å². The molecule has 1 aromatic carbocycles. The lowest BCUT2D eigenvalue weighted by molar-refractivity contribution is -0.137. The first kappa shape index (κ1) is 27.6. The molecular weight excluding hydrogens is 503 g/mol. The molecule has 2 fully saturated rings. The van der Waals surface area contributed by atoms with E-state index in [1.165, 1.54) is 48.2 Å². The maximum atomic E-state index is 12.7. The fraction of sp³-hybridized carbons (Fsp3) is 0.565. The van der Waals surface area contributed by atoms with Crippen LogP contribution in [0.2, 0.25) is 5.02 Å². The Kier molecular flexibility index (Phi) is 10.1. The van der Waals surface area contributed by atoms with Gasteiger partial charge in [0.15, 0.2) is 0 Å². The van der Waals surface area contributed by atoms with Crippen LogP contribution in [-0.2, 0) is 10.9 Å². The Morgan fingerprint density at radius 1 is 1.14 bits per heavy atom. The van der Waals surface area contributed by atoms with Gasteiger partial charge in [0.1, 0.15) is 5.02 Å². The number of ether oxygens (including phenoxy) is 1. The van der Waals surface area contributed by atoms with Crippen LogP contribution in [0.3, 0.4) is 0 Å². The third-order valence-corrected chi connectivity index (χ3v) is 7.27. The van der Waals surface area contributed by atoms with Crippen LogP contribution in [0, 0.1) is 0 Å². The van der Waals surface area contributed by atoms with Crippen molar-refractivity contribution in [3.8, 4) is 0 Å². The molecule has 0 unspecified atom stereocenters. The zero-order valence-corrected chi connectivity index (χ0v) is 21.4. The number of nitrogens with zero attached hydrogens (tertiary/aromatic N) is 4. The third kappa shape index (κ3) is 7.77. The molecule has 0 radical (unpaired) electrons. The highest BCUT2D eigenvalue weighted by atomic mass is 35.5. The van der Waals surface area contributed by atoms with Crippen LogP contribution in [0.25, 0.3) is 0 Å². The van der Waals surface area contributed by atoms with E-state index >= 15 is 0 Å². The number of hydrogen-bond donors (Lipinski definition) is 1. The van der Waals surface area contributed by atoms with Gasteiger partial charge >= 0.3 is 6.18 Å². The van der Waals surface area contributed by atoms with Gasteiger partial charge in [-0.3, -0.25) is 4.79 Å². The Hall–Kier alpha value is -1.95. The van der Waals surface area contributed by atoms with Crippen LogP contribution < -0.4 is 15.2 Å². The summed E-state index contributed by atoms with van der Waals surface area (Å²) in [6, 6.07) is 5.03. The van der Waals surface area contributed by atoms with E-state index in [1.54, 1.807) is 13.2 Å². The summed E-state index contributed by atoms with van der Waals surface area (Å²) in [4.78, 5) is 12.4. The molecule has 1 aromatic heterocycles. The molecule has 0 amide bonds. The zero-order valence-electron chi connectivity index (χ0n) is 19.9. The normalized spacial score (nSPS) is 17.4. The lowest BCUT2D eigenvalue weighted by Gasteiger charge is -2.33. The molecule has 2 saturated heterocycles. The second-order valence-corrected chi connectivity index (χ2v) is 9.93. The van der Waals surface area contributed by atoms with Crippen molar-refractivity contribution in [1.29, 1.82) is 0 Å². The molecule has 0 saturated carbocycles. The summed E-state index contributed by atoms with van der Waals surface area (Å²) in [7, 11) is 3.48. The minimum Gasteiger partial charge on any atom is -0.385 e. The highest BCUT2D eigenvalue weighted by Gasteiger charge is 2.30. The smallest absolute Gasteiger partial charge is 0.385 e. The van der Waals surface area contributed by atoms with Gasteiger partial charge in [-0.15, -0.1) is 0 Å². The summed E-state index contributed by atoms with van der Waals surface area (Å²) < 4.78 is 48.5. The molecule has 7 nitrogen and oxygen atoms in total. The molecule has 35 heavy (non-hydrogen) atoms. The van der Waals surface area contributed by atoms with Gasteiger partial charge in [-0.25, -0.2) is 8.99 Å². The first-order valence-electron chi connectivity index (χ1n) is 11.6. The van der Waals surface area contributed by atoms with Crippen molar-refractivity contribution in [1.82, 2.24) is 14.1 Å². The SMILES string of the molecule is C1CCOCC1.CNc1cnn(C2CCN(SN(C)c3ccc(C(F)(F)F)cc3)CC2)c(=O)c1Cl. The number of anilines is 2. The predicted molar refractivity (Wildman–Crippen MR) is 135 cm³/mol. The van der Waals surface area contributed by atoms with Crippen LogP contribution in [0.15, 0.2) is 35.3 Å². The van der Waals surface area contributed by atoms with Gasteiger partial charge in [0.25, 0.3) is 5.56 Å². The number of hydrogen-bond acceptors (Lipinski definition) is 7. The summed E-state index contributed by atoms with van der Waals surface area (Å²) >= 11 is 7.53. The van der Waals surface area contributed by atoms with E-state index in [9.17, 15) is 18.0 Å². The van der Waals surface area contributed by atoms with Crippen LogP contribution >= 0.6 is 23.7 Å². The molecule has 0 spiro atoms. The Morgan fingerprint density at radius 3 is 2.26 bits per heavy atom. The van der Waals surface area contributed by atoms with Crippen molar-refractivity contribution in [2.75, 3.05) is 50.0 Å². The number of piperidine rings is 1. The minimum atomic E-state index is -4.34. The molecule has 0 aliphatic carbocycles. The van der Waals surface area contributed by atoms with E-state index in [-0.39, 0.29) is 16.6 Å². The lowest BCUT2D eigenvalue weighted by Crippen LogP contribution is -2.37. The minimum absolute atomic E-state index is 0.0425. The first-order chi connectivity index (χ1) is 16.7. The van der Waals surface area contributed by atoms with Gasteiger partial charge in [0, 0.05) is 58.2 Å². The number of nitrogens with one attached hydrogen (secondary N) is 1. The van der Waals surface area contributed by atoms with Crippen molar-refractivity contribution in [3.05, 3.63) is 51.4 Å². The summed E-state index contributed by atoms with van der Waals surface area (Å²) in [5, 5.41) is 7.19. The molecular formula is C23H31ClF3N5O2S. The first-order valence-corrected chi connectivity index (χ1v) is 12.7. The Bertz CT molecular complexity index is 983. The monoisotopic (exact) mass is 533 g/mol. The Balaban J connectivity index is 0.000000497. The van der Waals surface area contributed by atoms with Crippen molar-refractivity contribution in [2.45, 2.75) is 44.3 Å². The van der Waals surface area contributed by atoms with E-state index < -0.39 is 11.7 Å². The highest BCUT2D eigenvalue weighted by Crippen LogP contribution is 2.33. The molecule has 194 valence electrons. The van der Waals surface area contributed by atoms with Crippen LogP contribution in [-0.4, -0.2) is 54.5 Å². The summed E-state index contributed by atoms with van der Waals surface area (Å²) in [5.74, 6) is 0. The molecule has 2 aromatic rings. The average molecular weight is 534 g/mol. The zero-order chi connectivity index (χ0) is 25.4. The van der Waals surface area contributed by atoms with Crippen LogP contribution in [0.1, 0.15) is 43.7 Å². The molecule has 1 N–H and O–H groups in total. The molecule has 4 rings (SSSR count). The summed E-state index contributed by atoms with van der Waals surface area (Å²) in [6.07, 6.45) is 2.57. The number of halogens is 4. The number of aromatic nitrogens is 2. The van der Waals surface area contributed by atoms with Crippen molar-refractivity contribution in [2.24, 2.45) is 0 Å². The van der Waals surface area contributed by atoms with Crippen molar-refractivity contribution in [3.63, 3.8) is 0 Å². The maximum absolute atomic E-state index is 12.7. The lowest BCUT2D eigenvalue weighted by atomic mass is 10.1. The number of rotatable bonds is 5. The van der Waals surface area contributed by atoms with Gasteiger partial charge in [-0.2, -0.15) is 18.3 Å². The standard InChI is InChI=1S/C18H21ClF3N5OS.C5H10O/c1-23-15-11-24-27(17(28)16(15)19)14-7-9-26(10-8-14)29-25(2)13-5-3-12(4-6-13)18(20,21)22;1-2-4-6-5-3-1/h3-6,11,14,23H,7-10H2,1-2H3;1-5H2. The van der Waals surface area contributed by atoms with E-state index in [4.69, 9.17) is 16.3 Å². The largest absolute Gasteiger partial charge is 0.416 e. The van der Waals surface area contributed by atoms with Gasteiger partial charge in [-0.1, -0.05) is 11.6 Å². The highest BCUT2D eigenvalue weighted by molar-refractivity contribution is 7.98. The Morgan fingerprint density at radius 2 is 1.77 bits per heavy atom. The fourth-order valence-corrected chi connectivity index (χ4v) is 4.98. The van der Waals surface area contributed by atoms with E-state index in [0.29, 0.717) is 24.5 Å². The molecule has 0 bridgehead atoms. The van der Waals surface area contributed by atoms with Crippen molar-refractivity contribution >= 4 is 35.1 Å². The van der Waals surface area contributed by atoms with E-state index in [1.807, 2.05) is 11.4 Å². The molecule has 3 heterocycles. The van der Waals surface area contributed by atoms with Crippen LogP contribution in [0.4, 0.5) is 24.5 Å². The molecule has 0 atom stereocenters. The third-order valence-electron chi connectivity index (χ3n) is 5.86. The average Bonchev–Trinajstić information content (AvgIpc) is 2.87. The van der Waals surface area contributed by atoms with Gasteiger partial charge in [0.05, 0.1) is 23.5 Å². The Labute approximate surface area is 212 Å². The number of benzene rings is 1. The quantitative estimate of drug-likeness (QED) is 0.510. The van der Waals surface area contributed by atoms with E-state index in [0.717, 1.165) is 38.2 Å². The topological polar surface area (TPSA) is 62.6 Å². The molecule has 2 aliphatic heterocycles. The maximum Gasteiger partial charge on any atom is 0.416 e. The molecule has 12 heteroatoms. The van der Waals surface area contributed by atoms with Gasteiger partial charge in [0.2, 0.25) is 0 Å². The second-order valence-electron chi connectivity index (χ2n) is 8.33. The molecule has 2 aliphatic rings. The van der Waals surface area contributed by atoms with Gasteiger partial charge in [-0.05, 0) is 56.4 Å². The summed E-state index contributed by atoms with van der Waals surface area (Å²) in [6.45, 7) is 3.42. The summed E-state index contributed by atoms with van der Waals surface area (Å²) in [5.41, 5.74) is 0.198. The fourth-order valence-electron chi connectivity index (χ4n) is 3.82. The predicted octanol–water partition coefficient (Wildman–Crippen LogP) is 5.48. The number of alkyl halides is 3. The van der Waals surface area contributed by atoms with Gasteiger partial charge < -0.3 is 14.4 Å². The van der Waals surface area contributed by atoms with E-state index in [2.05, 4.69) is 14.7 Å². The van der Waals surface area contributed by atoms with Crippen molar-refractivity contribution < 1.29 is 17.9 Å². The second kappa shape index (κ2) is 12.8.